The standard InChI is InChI=1S/C32H44N6O2.C2H6.2H2/c1-7-9-14-26(12-8-2)16-17-31(39)36-29-19-30(25(5)34-21-29)37-32(40)23(3)13-10-11-15-27(18-24(4)33)28-20-35-38(6)22-28;1-2;;/h7,11,15,18-22,26,33H,1,3,8-10,12-14,16-17H2,2,4-6H3,(H,36,39)(H,37,40);1-2H3;2*1H/b15-11-,27-18+,33-24?;;;. The lowest BCUT2D eigenvalue weighted by Gasteiger charge is -2.15. The van der Waals surface area contributed by atoms with Crippen molar-refractivity contribution in [3.63, 3.8) is 0 Å². The minimum absolute atomic E-state index is 0. The molecule has 0 aliphatic rings. The number of nitrogens with zero attached hydrogens (tertiary/aromatic N) is 3. The number of aromatic nitrogens is 3. The number of hydrogen-bond acceptors (Lipinski definition) is 5. The molecule has 0 fully saturated rings. The van der Waals surface area contributed by atoms with Crippen LogP contribution in [-0.4, -0.2) is 32.3 Å². The molecule has 0 aromatic carbocycles. The topological polar surface area (TPSA) is 113 Å². The Balaban J connectivity index is 0. The smallest absolute Gasteiger partial charge is 0.251 e. The molecule has 0 saturated heterocycles. The monoisotopic (exact) mass is 578 g/mol. The predicted molar refractivity (Wildman–Crippen MR) is 181 cm³/mol. The van der Waals surface area contributed by atoms with Crippen molar-refractivity contribution in [2.45, 2.75) is 86.0 Å². The van der Waals surface area contributed by atoms with Crippen LogP contribution in [0.1, 0.15) is 93.2 Å². The summed E-state index contributed by atoms with van der Waals surface area (Å²) in [7, 11) is 1.85. The predicted octanol–water partition coefficient (Wildman–Crippen LogP) is 8.70. The molecule has 8 heteroatoms. The number of amides is 2. The maximum absolute atomic E-state index is 12.8. The Hall–Kier alpha value is -4.07. The van der Waals surface area contributed by atoms with Crippen molar-refractivity contribution >= 4 is 34.5 Å². The molecule has 0 aliphatic heterocycles. The van der Waals surface area contributed by atoms with Crippen LogP contribution in [0.2, 0.25) is 0 Å². The third-order valence-electron chi connectivity index (χ3n) is 6.52. The summed E-state index contributed by atoms with van der Waals surface area (Å²) < 4.78 is 1.72. The van der Waals surface area contributed by atoms with Crippen molar-refractivity contribution in [3.8, 4) is 0 Å². The molecule has 2 aromatic rings. The Kier molecular flexibility index (Phi) is 17.0. The van der Waals surface area contributed by atoms with Crippen LogP contribution in [0, 0.1) is 18.3 Å². The van der Waals surface area contributed by atoms with Gasteiger partial charge in [0.05, 0.1) is 29.5 Å². The van der Waals surface area contributed by atoms with Gasteiger partial charge in [0, 0.05) is 39.4 Å². The van der Waals surface area contributed by atoms with Crippen LogP contribution in [0.3, 0.4) is 0 Å². The fourth-order valence-corrected chi connectivity index (χ4v) is 4.30. The van der Waals surface area contributed by atoms with Gasteiger partial charge in [-0.3, -0.25) is 19.3 Å². The van der Waals surface area contributed by atoms with Gasteiger partial charge < -0.3 is 16.0 Å². The molecule has 2 heterocycles. The van der Waals surface area contributed by atoms with E-state index in [0.717, 1.165) is 43.2 Å². The number of pyridine rings is 1. The number of nitrogens with one attached hydrogen (secondary N) is 3. The zero-order valence-corrected chi connectivity index (χ0v) is 26.4. The van der Waals surface area contributed by atoms with Gasteiger partial charge in [-0.05, 0) is 69.6 Å². The minimum Gasteiger partial charge on any atom is -0.325 e. The molecule has 1 unspecified atom stereocenters. The van der Waals surface area contributed by atoms with E-state index in [4.69, 9.17) is 5.41 Å². The first-order valence-electron chi connectivity index (χ1n) is 14.9. The highest BCUT2D eigenvalue weighted by molar-refractivity contribution is 6.04. The van der Waals surface area contributed by atoms with Gasteiger partial charge in [0.25, 0.3) is 5.91 Å². The van der Waals surface area contributed by atoms with Gasteiger partial charge >= 0.3 is 0 Å². The molecule has 2 amide bonds. The van der Waals surface area contributed by atoms with Crippen molar-refractivity contribution < 1.29 is 12.4 Å². The fourth-order valence-electron chi connectivity index (χ4n) is 4.30. The highest BCUT2D eigenvalue weighted by Gasteiger charge is 2.13. The van der Waals surface area contributed by atoms with Gasteiger partial charge in [0.1, 0.15) is 0 Å². The molecule has 1 atom stereocenters. The number of aryl methyl sites for hydroxylation is 2. The van der Waals surface area contributed by atoms with Crippen molar-refractivity contribution in [2.24, 2.45) is 13.0 Å². The molecule has 0 saturated carbocycles. The number of anilines is 2. The zero-order chi connectivity index (χ0) is 31.5. The van der Waals surface area contributed by atoms with Crippen molar-refractivity contribution in [2.75, 3.05) is 10.6 Å². The van der Waals surface area contributed by atoms with Crippen LogP contribution in [0.4, 0.5) is 11.4 Å². The first-order chi connectivity index (χ1) is 20.1. The van der Waals surface area contributed by atoms with Crippen LogP contribution in [0.15, 0.2) is 67.7 Å². The number of allylic oxidation sites excluding steroid dienone is 5. The fraction of sp³-hybridized carbons (Fsp3) is 0.441. The van der Waals surface area contributed by atoms with E-state index in [1.165, 1.54) is 0 Å². The van der Waals surface area contributed by atoms with Gasteiger partial charge in [0.15, 0.2) is 0 Å². The lowest BCUT2D eigenvalue weighted by molar-refractivity contribution is -0.116. The van der Waals surface area contributed by atoms with E-state index >= 15 is 0 Å². The van der Waals surface area contributed by atoms with Crippen molar-refractivity contribution in [3.05, 3.63) is 78.9 Å². The highest BCUT2D eigenvalue weighted by Crippen LogP contribution is 2.22. The van der Waals surface area contributed by atoms with Crippen molar-refractivity contribution in [1.82, 2.24) is 14.8 Å². The Bertz CT molecular complexity index is 1270. The number of carbonyl (C=O) groups is 2. The van der Waals surface area contributed by atoms with Crippen LogP contribution < -0.4 is 10.6 Å². The second kappa shape index (κ2) is 19.9. The molecule has 42 heavy (non-hydrogen) atoms. The molecule has 0 bridgehead atoms. The number of hydrogen-bond donors (Lipinski definition) is 3. The molecule has 2 rings (SSSR count). The Labute approximate surface area is 255 Å². The normalized spacial score (nSPS) is 11.8. The largest absolute Gasteiger partial charge is 0.325 e. The van der Waals surface area contributed by atoms with E-state index in [1.54, 1.807) is 43.1 Å². The van der Waals surface area contributed by atoms with E-state index < -0.39 is 0 Å². The van der Waals surface area contributed by atoms with Crippen LogP contribution in [-0.2, 0) is 16.6 Å². The van der Waals surface area contributed by atoms with Gasteiger partial charge in [0.2, 0.25) is 5.91 Å². The molecule has 2 aromatic heterocycles. The molecule has 0 aliphatic carbocycles. The molecular weight excluding hydrogens is 524 g/mol. The quantitative estimate of drug-likeness (QED) is 0.0754. The van der Waals surface area contributed by atoms with E-state index in [-0.39, 0.29) is 14.7 Å². The Morgan fingerprint density at radius 1 is 1.14 bits per heavy atom. The van der Waals surface area contributed by atoms with E-state index in [1.807, 2.05) is 45.3 Å². The Morgan fingerprint density at radius 3 is 2.50 bits per heavy atom. The second-order valence-corrected chi connectivity index (χ2v) is 10.1. The van der Waals surface area contributed by atoms with Gasteiger partial charge in [-0.25, -0.2) is 0 Å². The van der Waals surface area contributed by atoms with Crippen LogP contribution in [0.25, 0.3) is 5.57 Å². The molecule has 232 valence electrons. The summed E-state index contributed by atoms with van der Waals surface area (Å²) in [6, 6.07) is 1.73. The molecule has 8 nitrogen and oxygen atoms in total. The summed E-state index contributed by atoms with van der Waals surface area (Å²) in [6.45, 7) is 17.4. The summed E-state index contributed by atoms with van der Waals surface area (Å²) in [6.07, 6.45) is 19.5. The first kappa shape index (κ1) is 36.0. The third-order valence-corrected chi connectivity index (χ3v) is 6.52. The molecule has 0 spiro atoms. The lowest BCUT2D eigenvalue weighted by atomic mass is 9.93. The minimum atomic E-state index is -0.287. The molecular formula is C34H54N6O2. The van der Waals surface area contributed by atoms with Gasteiger partial charge in [-0.15, -0.1) is 6.58 Å². The molecule has 0 radical (unpaired) electrons. The lowest BCUT2D eigenvalue weighted by Crippen LogP contribution is -2.17. The summed E-state index contributed by atoms with van der Waals surface area (Å²) in [5.41, 5.74) is 4.43. The maximum Gasteiger partial charge on any atom is 0.251 e. The Morgan fingerprint density at radius 2 is 1.88 bits per heavy atom. The van der Waals surface area contributed by atoms with Crippen LogP contribution >= 0.6 is 0 Å². The molecule has 3 N–H and O–H groups in total. The van der Waals surface area contributed by atoms with Gasteiger partial charge in [-0.2, -0.15) is 5.10 Å². The number of rotatable bonds is 17. The summed E-state index contributed by atoms with van der Waals surface area (Å²) in [5, 5.41) is 17.8. The average molecular weight is 579 g/mol. The van der Waals surface area contributed by atoms with E-state index in [2.05, 4.69) is 40.8 Å². The second-order valence-electron chi connectivity index (χ2n) is 10.1. The summed E-state index contributed by atoms with van der Waals surface area (Å²) >= 11 is 0. The first-order valence-corrected chi connectivity index (χ1v) is 14.9. The zero-order valence-electron chi connectivity index (χ0n) is 26.4. The SMILES string of the molecule is C=CCCC(CCC)CCC(=O)Nc1cnc(C)c(NC(=O)C(=C)CC/C=C\C(=C/C(C)=N)c2cnn(C)c2)c1.CC.[HH].[HH]. The summed E-state index contributed by atoms with van der Waals surface area (Å²) in [4.78, 5) is 29.7. The third kappa shape index (κ3) is 13.5. The van der Waals surface area contributed by atoms with E-state index in [9.17, 15) is 9.59 Å². The maximum atomic E-state index is 12.8. The van der Waals surface area contributed by atoms with Crippen LogP contribution in [0.5, 0.6) is 0 Å². The van der Waals surface area contributed by atoms with Gasteiger partial charge in [-0.1, -0.05) is 58.4 Å². The summed E-state index contributed by atoms with van der Waals surface area (Å²) in [5.74, 6) is 0.167. The average Bonchev–Trinajstić information content (AvgIpc) is 3.40. The highest BCUT2D eigenvalue weighted by atomic mass is 16.2. The van der Waals surface area contributed by atoms with Crippen molar-refractivity contribution in [1.29, 1.82) is 5.41 Å². The van der Waals surface area contributed by atoms with E-state index in [0.29, 0.717) is 53.5 Å². The number of carbonyl (C=O) groups excluding carboxylic acids is 2.